The second-order valence-electron chi connectivity index (χ2n) is 12.5. The predicted octanol–water partition coefficient (Wildman–Crippen LogP) is 12.8. The van der Waals surface area contributed by atoms with Gasteiger partial charge in [-0.3, -0.25) is 0 Å². The number of benzene rings is 8. The van der Waals surface area contributed by atoms with Crippen LogP contribution >= 0.6 is 0 Å². The number of hydrogen-bond acceptors (Lipinski definition) is 2. The molecule has 0 radical (unpaired) electrons. The van der Waals surface area contributed by atoms with Gasteiger partial charge in [0.25, 0.3) is 0 Å². The molecule has 232 valence electrons. The van der Waals surface area contributed by atoms with Gasteiger partial charge < -0.3 is 0 Å². The van der Waals surface area contributed by atoms with E-state index in [1.54, 1.807) is 0 Å². The smallest absolute Gasteiger partial charge is 0.187 e. The van der Waals surface area contributed by atoms with Gasteiger partial charge in [-0.25, -0.2) is 14.8 Å². The summed E-state index contributed by atoms with van der Waals surface area (Å²) in [5.41, 5.74) is 11.4. The Morgan fingerprint density at radius 2 is 0.860 bits per heavy atom. The molecule has 1 aromatic heterocycles. The van der Waals surface area contributed by atoms with Crippen molar-refractivity contribution in [1.82, 2.24) is 9.97 Å². The van der Waals surface area contributed by atoms with Crippen LogP contribution in [0.15, 0.2) is 176 Å². The molecule has 0 unspecified atom stereocenters. The first-order chi connectivity index (χ1) is 24.7. The zero-order chi connectivity index (χ0) is 33.4. The molecular formula is C47H29N3. The van der Waals surface area contributed by atoms with Crippen LogP contribution in [-0.4, -0.2) is 9.97 Å². The average Bonchev–Trinajstić information content (AvgIpc) is 3.20. The van der Waals surface area contributed by atoms with Crippen molar-refractivity contribution in [2.45, 2.75) is 0 Å². The highest BCUT2D eigenvalue weighted by atomic mass is 14.9. The van der Waals surface area contributed by atoms with Crippen LogP contribution in [0.5, 0.6) is 0 Å². The molecule has 0 amide bonds. The van der Waals surface area contributed by atoms with Crippen LogP contribution in [0.4, 0.5) is 5.69 Å². The minimum Gasteiger partial charge on any atom is -0.238 e. The molecule has 1 heterocycles. The summed E-state index contributed by atoms with van der Waals surface area (Å²) >= 11 is 0. The highest BCUT2D eigenvalue weighted by molar-refractivity contribution is 6.05. The molecule has 8 aromatic carbocycles. The van der Waals surface area contributed by atoms with Gasteiger partial charge in [0.1, 0.15) is 0 Å². The standard InChI is InChI=1S/C47H29N3/c1-48-37-27-25-32(26-28-37)31-17-19-35(20-18-31)40-29-30-43(42-13-5-4-12-41(40)42)47-49-45-16-7-6-14-44(45)46(50-47)36-23-21-34(22-24-36)39-15-8-10-33-9-2-3-11-38(33)39/h2-30H. The topological polar surface area (TPSA) is 30.1 Å². The normalized spacial score (nSPS) is 11.2. The lowest BCUT2D eigenvalue weighted by atomic mass is 9.93. The summed E-state index contributed by atoms with van der Waals surface area (Å²) in [5.74, 6) is 0.706. The van der Waals surface area contributed by atoms with Crippen LogP contribution in [-0.2, 0) is 0 Å². The van der Waals surface area contributed by atoms with E-state index in [0.29, 0.717) is 11.5 Å². The molecule has 9 rings (SSSR count). The fourth-order valence-corrected chi connectivity index (χ4v) is 7.02. The van der Waals surface area contributed by atoms with E-state index in [4.69, 9.17) is 16.5 Å². The summed E-state index contributed by atoms with van der Waals surface area (Å²) in [6.45, 7) is 7.24. The number of fused-ring (bicyclic) bond motifs is 3. The molecule has 0 bridgehead atoms. The van der Waals surface area contributed by atoms with Gasteiger partial charge in [0.05, 0.1) is 17.8 Å². The number of rotatable bonds is 5. The first-order valence-electron chi connectivity index (χ1n) is 16.7. The van der Waals surface area contributed by atoms with Gasteiger partial charge in [0, 0.05) is 16.5 Å². The van der Waals surface area contributed by atoms with Gasteiger partial charge >= 0.3 is 0 Å². The maximum atomic E-state index is 7.24. The van der Waals surface area contributed by atoms with Crippen LogP contribution in [0.2, 0.25) is 0 Å². The van der Waals surface area contributed by atoms with Crippen molar-refractivity contribution in [3.05, 3.63) is 187 Å². The van der Waals surface area contributed by atoms with Crippen LogP contribution in [0, 0.1) is 6.57 Å². The highest BCUT2D eigenvalue weighted by Gasteiger charge is 2.16. The molecule has 0 spiro atoms. The molecule has 9 aromatic rings. The minimum absolute atomic E-state index is 0.647. The van der Waals surface area contributed by atoms with Crippen molar-refractivity contribution in [2.75, 3.05) is 0 Å². The van der Waals surface area contributed by atoms with E-state index in [-0.39, 0.29) is 0 Å². The van der Waals surface area contributed by atoms with Gasteiger partial charge in [-0.2, -0.15) is 0 Å². The molecule has 0 N–H and O–H groups in total. The van der Waals surface area contributed by atoms with Crippen LogP contribution in [0.25, 0.3) is 93.3 Å². The molecule has 3 nitrogen and oxygen atoms in total. The van der Waals surface area contributed by atoms with E-state index in [9.17, 15) is 0 Å². The molecule has 0 aliphatic carbocycles. The Balaban J connectivity index is 1.12. The molecule has 0 saturated heterocycles. The molecule has 0 atom stereocenters. The third kappa shape index (κ3) is 5.17. The minimum atomic E-state index is 0.647. The molecule has 0 saturated carbocycles. The summed E-state index contributed by atoms with van der Waals surface area (Å²) in [7, 11) is 0. The number of para-hydroxylation sites is 1. The Morgan fingerprint density at radius 1 is 0.360 bits per heavy atom. The molecular weight excluding hydrogens is 607 g/mol. The quantitative estimate of drug-likeness (QED) is 0.176. The van der Waals surface area contributed by atoms with Crippen molar-refractivity contribution >= 4 is 38.1 Å². The average molecular weight is 636 g/mol. The summed E-state index contributed by atoms with van der Waals surface area (Å²) in [4.78, 5) is 13.9. The Labute approximate surface area is 290 Å². The SMILES string of the molecule is [C-]#[N+]c1ccc(-c2ccc(-c3ccc(-c4nc(-c5ccc(-c6cccc7ccccc67)cc5)c5ccccc5n4)c4ccccc34)cc2)cc1. The van der Waals surface area contributed by atoms with E-state index in [0.717, 1.165) is 60.8 Å². The van der Waals surface area contributed by atoms with E-state index in [1.165, 1.54) is 21.9 Å². The zero-order valence-electron chi connectivity index (χ0n) is 27.1. The lowest BCUT2D eigenvalue weighted by Gasteiger charge is -2.14. The highest BCUT2D eigenvalue weighted by Crippen LogP contribution is 2.38. The van der Waals surface area contributed by atoms with E-state index >= 15 is 0 Å². The van der Waals surface area contributed by atoms with E-state index in [1.807, 2.05) is 30.3 Å². The number of aromatic nitrogens is 2. The monoisotopic (exact) mass is 635 g/mol. The van der Waals surface area contributed by atoms with E-state index < -0.39 is 0 Å². The Kier molecular flexibility index (Phi) is 7.19. The van der Waals surface area contributed by atoms with Crippen LogP contribution in [0.3, 0.4) is 0 Å². The van der Waals surface area contributed by atoms with Gasteiger partial charge in [0.2, 0.25) is 0 Å². The van der Waals surface area contributed by atoms with Crippen molar-refractivity contribution in [1.29, 1.82) is 0 Å². The van der Waals surface area contributed by atoms with Gasteiger partial charge in [-0.05, 0) is 67.1 Å². The Hall–Kier alpha value is -6.89. The summed E-state index contributed by atoms with van der Waals surface area (Å²) in [6.07, 6.45) is 0. The summed E-state index contributed by atoms with van der Waals surface area (Å²) in [6, 6.07) is 61.3. The largest absolute Gasteiger partial charge is 0.238 e. The number of nitrogens with zero attached hydrogens (tertiary/aromatic N) is 3. The lowest BCUT2D eigenvalue weighted by Crippen LogP contribution is -1.96. The first kappa shape index (κ1) is 29.3. The van der Waals surface area contributed by atoms with Crippen molar-refractivity contribution in [3.8, 4) is 56.0 Å². The van der Waals surface area contributed by atoms with E-state index in [2.05, 4.69) is 150 Å². The van der Waals surface area contributed by atoms with Gasteiger partial charge in [-0.15, -0.1) is 0 Å². The van der Waals surface area contributed by atoms with Crippen molar-refractivity contribution < 1.29 is 0 Å². The van der Waals surface area contributed by atoms with Crippen LogP contribution in [0.1, 0.15) is 0 Å². The Morgan fingerprint density at radius 3 is 1.56 bits per heavy atom. The molecule has 50 heavy (non-hydrogen) atoms. The summed E-state index contributed by atoms with van der Waals surface area (Å²) in [5, 5.41) is 5.77. The zero-order valence-corrected chi connectivity index (χ0v) is 27.1. The fourth-order valence-electron chi connectivity index (χ4n) is 7.02. The van der Waals surface area contributed by atoms with Crippen molar-refractivity contribution in [3.63, 3.8) is 0 Å². The van der Waals surface area contributed by atoms with Gasteiger partial charge in [0.15, 0.2) is 11.5 Å². The Bertz CT molecular complexity index is 2730. The second-order valence-corrected chi connectivity index (χ2v) is 12.5. The third-order valence-electron chi connectivity index (χ3n) is 9.55. The molecule has 0 aliphatic rings. The molecule has 3 heteroatoms. The second kappa shape index (κ2) is 12.3. The summed E-state index contributed by atoms with van der Waals surface area (Å²) < 4.78 is 0. The van der Waals surface area contributed by atoms with Gasteiger partial charge in [-0.1, -0.05) is 164 Å². The first-order valence-corrected chi connectivity index (χ1v) is 16.7. The number of hydrogen-bond donors (Lipinski definition) is 0. The third-order valence-corrected chi connectivity index (χ3v) is 9.55. The van der Waals surface area contributed by atoms with Crippen LogP contribution < -0.4 is 0 Å². The molecule has 0 aliphatic heterocycles. The predicted molar refractivity (Wildman–Crippen MR) is 208 cm³/mol. The lowest BCUT2D eigenvalue weighted by molar-refractivity contribution is 1.23. The molecule has 0 fully saturated rings. The van der Waals surface area contributed by atoms with Crippen molar-refractivity contribution in [2.24, 2.45) is 0 Å². The maximum absolute atomic E-state index is 7.24. The fraction of sp³-hybridized carbons (Fsp3) is 0. The maximum Gasteiger partial charge on any atom is 0.187 e.